The fourth-order valence-electron chi connectivity index (χ4n) is 3.52. The maximum absolute atomic E-state index is 13.2. The molecule has 1 aliphatic rings. The molecule has 6 heteroatoms. The molecule has 4 aromatic carbocycles. The molecule has 4 aromatic rings. The van der Waals surface area contributed by atoms with E-state index in [1.807, 2.05) is 72.8 Å². The molecule has 1 heterocycles. The lowest BCUT2D eigenvalue weighted by atomic mass is 10.0. The quantitative estimate of drug-likeness (QED) is 0.353. The average Bonchev–Trinajstić information content (AvgIpc) is 3.18. The Morgan fingerprint density at radius 2 is 1.67 bits per heavy atom. The highest BCUT2D eigenvalue weighted by molar-refractivity contribution is 8.18. The molecule has 4 nitrogen and oxygen atoms in total. The first-order valence-electron chi connectivity index (χ1n) is 10.4. The SMILES string of the molecule is O=C1NC(=Nc2ccccc2)S/C1=C\c1c(OCc2ccc(F)cc2)ccc2ccccc12. The highest BCUT2D eigenvalue weighted by Crippen LogP contribution is 2.35. The number of hydrogen-bond donors (Lipinski definition) is 1. The summed E-state index contributed by atoms with van der Waals surface area (Å²) in [5, 5.41) is 5.38. The van der Waals surface area contributed by atoms with Gasteiger partial charge in [-0.3, -0.25) is 4.79 Å². The van der Waals surface area contributed by atoms with Gasteiger partial charge in [0.2, 0.25) is 0 Å². The van der Waals surface area contributed by atoms with Crippen LogP contribution in [0.4, 0.5) is 10.1 Å². The van der Waals surface area contributed by atoms with Gasteiger partial charge in [0.25, 0.3) is 5.91 Å². The molecular weight excluding hydrogens is 435 g/mol. The van der Waals surface area contributed by atoms with E-state index in [1.54, 1.807) is 12.1 Å². The fraction of sp³-hybridized carbons (Fsp3) is 0.0370. The van der Waals surface area contributed by atoms with Crippen LogP contribution in [0.25, 0.3) is 16.8 Å². The van der Waals surface area contributed by atoms with Crippen LogP contribution in [0.2, 0.25) is 0 Å². The molecule has 0 bridgehead atoms. The number of halogens is 1. The first kappa shape index (κ1) is 21.0. The second-order valence-electron chi connectivity index (χ2n) is 7.43. The number of amidine groups is 1. The predicted octanol–water partition coefficient (Wildman–Crippen LogP) is 6.45. The van der Waals surface area contributed by atoms with Crippen molar-refractivity contribution in [3.8, 4) is 5.75 Å². The van der Waals surface area contributed by atoms with Crippen LogP contribution < -0.4 is 10.1 Å². The van der Waals surface area contributed by atoms with Gasteiger partial charge in [0.1, 0.15) is 18.2 Å². The van der Waals surface area contributed by atoms with Crippen LogP contribution in [0.15, 0.2) is 101 Å². The molecule has 1 N–H and O–H groups in total. The number of rotatable bonds is 5. The molecule has 1 saturated heterocycles. The third kappa shape index (κ3) is 4.81. The van der Waals surface area contributed by atoms with Gasteiger partial charge in [-0.15, -0.1) is 0 Å². The van der Waals surface area contributed by atoms with Gasteiger partial charge in [-0.1, -0.05) is 60.7 Å². The van der Waals surface area contributed by atoms with E-state index < -0.39 is 0 Å². The summed E-state index contributed by atoms with van der Waals surface area (Å²) in [6.07, 6.45) is 1.84. The van der Waals surface area contributed by atoms with Gasteiger partial charge in [0.05, 0.1) is 10.6 Å². The van der Waals surface area contributed by atoms with Crippen molar-refractivity contribution >= 4 is 45.4 Å². The number of ether oxygens (including phenoxy) is 1. The number of thioether (sulfide) groups is 1. The maximum Gasteiger partial charge on any atom is 0.264 e. The van der Waals surface area contributed by atoms with Crippen molar-refractivity contribution in [1.29, 1.82) is 0 Å². The molecule has 0 atom stereocenters. The van der Waals surface area contributed by atoms with Gasteiger partial charge >= 0.3 is 0 Å². The zero-order valence-electron chi connectivity index (χ0n) is 17.5. The molecule has 5 rings (SSSR count). The number of carbonyl (C=O) groups excluding carboxylic acids is 1. The molecule has 0 aromatic heterocycles. The lowest BCUT2D eigenvalue weighted by molar-refractivity contribution is -0.115. The third-order valence-electron chi connectivity index (χ3n) is 5.15. The first-order valence-corrected chi connectivity index (χ1v) is 11.2. The number of amides is 1. The van der Waals surface area contributed by atoms with E-state index in [0.717, 1.165) is 27.6 Å². The minimum absolute atomic E-state index is 0.202. The van der Waals surface area contributed by atoms with Crippen LogP contribution in [0.3, 0.4) is 0 Å². The fourth-order valence-corrected chi connectivity index (χ4v) is 4.35. The number of para-hydroxylation sites is 1. The van der Waals surface area contributed by atoms with Gasteiger partial charge in [-0.25, -0.2) is 9.38 Å². The smallest absolute Gasteiger partial charge is 0.264 e. The number of nitrogens with zero attached hydrogens (tertiary/aromatic N) is 1. The second-order valence-corrected chi connectivity index (χ2v) is 8.46. The summed E-state index contributed by atoms with van der Waals surface area (Å²) in [5.41, 5.74) is 2.44. The molecule has 1 aliphatic heterocycles. The van der Waals surface area contributed by atoms with Crippen LogP contribution >= 0.6 is 11.8 Å². The van der Waals surface area contributed by atoms with Gasteiger partial charge in [0, 0.05) is 5.56 Å². The van der Waals surface area contributed by atoms with Gasteiger partial charge in [-0.2, -0.15) is 0 Å². The number of fused-ring (bicyclic) bond motifs is 1. The number of carbonyl (C=O) groups is 1. The normalized spacial score (nSPS) is 15.8. The van der Waals surface area contributed by atoms with Gasteiger partial charge in [0.15, 0.2) is 5.17 Å². The Morgan fingerprint density at radius 1 is 0.909 bits per heavy atom. The lowest BCUT2D eigenvalue weighted by Gasteiger charge is -2.12. The Balaban J connectivity index is 1.49. The Morgan fingerprint density at radius 3 is 2.48 bits per heavy atom. The van der Waals surface area contributed by atoms with E-state index in [2.05, 4.69) is 10.3 Å². The summed E-state index contributed by atoms with van der Waals surface area (Å²) in [6, 6.07) is 27.5. The number of aliphatic imine (C=N–C) groups is 1. The summed E-state index contributed by atoms with van der Waals surface area (Å²) < 4.78 is 19.3. The van der Waals surface area contributed by atoms with Crippen LogP contribution in [-0.2, 0) is 11.4 Å². The topological polar surface area (TPSA) is 50.7 Å². The monoisotopic (exact) mass is 454 g/mol. The van der Waals surface area contributed by atoms with Crippen molar-refractivity contribution < 1.29 is 13.9 Å². The van der Waals surface area contributed by atoms with Crippen molar-refractivity contribution in [2.45, 2.75) is 6.61 Å². The van der Waals surface area contributed by atoms with E-state index in [1.165, 1.54) is 23.9 Å². The maximum atomic E-state index is 13.2. The van der Waals surface area contributed by atoms with E-state index in [9.17, 15) is 9.18 Å². The summed E-state index contributed by atoms with van der Waals surface area (Å²) in [4.78, 5) is 17.7. The van der Waals surface area contributed by atoms with Crippen LogP contribution in [-0.4, -0.2) is 11.1 Å². The largest absolute Gasteiger partial charge is 0.488 e. The van der Waals surface area contributed by atoms with E-state index in [0.29, 0.717) is 15.8 Å². The van der Waals surface area contributed by atoms with E-state index >= 15 is 0 Å². The average molecular weight is 455 g/mol. The molecule has 0 radical (unpaired) electrons. The van der Waals surface area contributed by atoms with E-state index in [-0.39, 0.29) is 18.3 Å². The second kappa shape index (κ2) is 9.30. The lowest BCUT2D eigenvalue weighted by Crippen LogP contribution is -2.19. The van der Waals surface area contributed by atoms with Crippen molar-refractivity contribution in [2.24, 2.45) is 4.99 Å². The first-order chi connectivity index (χ1) is 16.2. The molecule has 162 valence electrons. The van der Waals surface area contributed by atoms with Crippen LogP contribution in [0, 0.1) is 5.82 Å². The van der Waals surface area contributed by atoms with Crippen molar-refractivity contribution in [2.75, 3.05) is 0 Å². The number of hydrogen-bond acceptors (Lipinski definition) is 4. The molecule has 0 saturated carbocycles. The molecule has 0 unspecified atom stereocenters. The summed E-state index contributed by atoms with van der Waals surface area (Å²) in [7, 11) is 0. The molecule has 0 spiro atoms. The van der Waals surface area contributed by atoms with Gasteiger partial charge in [-0.05, 0) is 64.5 Å². The predicted molar refractivity (Wildman–Crippen MR) is 132 cm³/mol. The molecule has 33 heavy (non-hydrogen) atoms. The van der Waals surface area contributed by atoms with Gasteiger partial charge < -0.3 is 10.1 Å². The zero-order chi connectivity index (χ0) is 22.6. The molecule has 1 fully saturated rings. The Bertz CT molecular complexity index is 1380. The molecular formula is C27H19FN2O2S. The highest BCUT2D eigenvalue weighted by atomic mass is 32.2. The Hall–Kier alpha value is -3.90. The number of benzene rings is 4. The Kier molecular flexibility index (Phi) is 5.91. The minimum Gasteiger partial charge on any atom is -0.488 e. The van der Waals surface area contributed by atoms with Crippen molar-refractivity contribution in [1.82, 2.24) is 5.32 Å². The minimum atomic E-state index is -0.285. The summed E-state index contributed by atoms with van der Waals surface area (Å²) in [6.45, 7) is 0.287. The number of nitrogens with one attached hydrogen (secondary N) is 1. The van der Waals surface area contributed by atoms with Crippen molar-refractivity contribution in [3.63, 3.8) is 0 Å². The molecule has 1 amide bonds. The third-order valence-corrected chi connectivity index (χ3v) is 6.06. The standard InChI is InChI=1S/C27H19FN2O2S/c28-20-13-10-18(11-14-20)17-32-24-15-12-19-6-4-5-9-22(19)23(24)16-25-26(31)30-27(33-25)29-21-7-2-1-3-8-21/h1-16H,17H2,(H,29,30,31)/b25-16-. The summed E-state index contributed by atoms with van der Waals surface area (Å²) in [5.74, 6) is 0.159. The van der Waals surface area contributed by atoms with E-state index in [4.69, 9.17) is 4.74 Å². The summed E-state index contributed by atoms with van der Waals surface area (Å²) >= 11 is 1.29. The molecule has 0 aliphatic carbocycles. The van der Waals surface area contributed by atoms with Crippen molar-refractivity contribution in [3.05, 3.63) is 113 Å². The Labute approximate surface area is 194 Å². The zero-order valence-corrected chi connectivity index (χ0v) is 18.3. The van der Waals surface area contributed by atoms with Crippen LogP contribution in [0.1, 0.15) is 11.1 Å². The van der Waals surface area contributed by atoms with Crippen LogP contribution in [0.5, 0.6) is 5.75 Å². The highest BCUT2D eigenvalue weighted by Gasteiger charge is 2.24.